The summed E-state index contributed by atoms with van der Waals surface area (Å²) in [6.07, 6.45) is 1.07. The zero-order valence-electron chi connectivity index (χ0n) is 11.1. The molecule has 1 amide bonds. The Morgan fingerprint density at radius 2 is 1.90 bits per heavy atom. The lowest BCUT2D eigenvalue weighted by Gasteiger charge is -2.11. The van der Waals surface area contributed by atoms with E-state index in [1.165, 1.54) is 0 Å². The summed E-state index contributed by atoms with van der Waals surface area (Å²) in [6, 6.07) is 7.60. The minimum Gasteiger partial charge on any atom is -0.408 e. The van der Waals surface area contributed by atoms with Crippen LogP contribution in [0.3, 0.4) is 0 Å². The molecule has 1 aromatic carbocycles. The first kappa shape index (κ1) is 15.9. The van der Waals surface area contributed by atoms with Gasteiger partial charge in [-0.3, -0.25) is 0 Å². The Bertz CT molecular complexity index is 425. The van der Waals surface area contributed by atoms with Crippen LogP contribution >= 0.6 is 0 Å². The Hall–Kier alpha value is -2.12. The van der Waals surface area contributed by atoms with Crippen LogP contribution in [0.5, 0.6) is 5.75 Å². The van der Waals surface area contributed by atoms with Gasteiger partial charge in [0.2, 0.25) is 0 Å². The van der Waals surface area contributed by atoms with Crippen LogP contribution in [-0.4, -0.2) is 24.6 Å². The lowest BCUT2D eigenvalue weighted by Crippen LogP contribution is -2.38. The molecule has 0 unspecified atom stereocenters. The molecule has 0 aromatic heterocycles. The van der Waals surface area contributed by atoms with E-state index in [1.807, 2.05) is 5.48 Å². The van der Waals surface area contributed by atoms with Gasteiger partial charge >= 0.3 is 12.1 Å². The van der Waals surface area contributed by atoms with Crippen molar-refractivity contribution in [1.29, 1.82) is 0 Å². The van der Waals surface area contributed by atoms with Gasteiger partial charge in [0.1, 0.15) is 11.8 Å². The third-order valence-corrected chi connectivity index (χ3v) is 2.46. The Balaban J connectivity index is 2.24. The first-order valence-corrected chi connectivity index (χ1v) is 6.32. The third-order valence-electron chi connectivity index (χ3n) is 2.46. The van der Waals surface area contributed by atoms with Gasteiger partial charge in [-0.2, -0.15) is 0 Å². The number of carbonyl (C=O) groups excluding carboxylic acids is 2. The number of nitrogens with two attached hydrogens (primary N) is 2. The van der Waals surface area contributed by atoms with E-state index >= 15 is 0 Å². The molecule has 0 saturated carbocycles. The fourth-order valence-electron chi connectivity index (χ4n) is 1.41. The second kappa shape index (κ2) is 8.89. The molecule has 7 nitrogen and oxygen atoms in total. The number of ether oxygens (including phenoxy) is 1. The van der Waals surface area contributed by atoms with E-state index in [0.29, 0.717) is 18.7 Å². The highest BCUT2D eigenvalue weighted by molar-refractivity contribution is 5.77. The predicted molar refractivity (Wildman–Crippen MR) is 72.6 cm³/mol. The van der Waals surface area contributed by atoms with E-state index < -0.39 is 18.1 Å². The molecular weight excluding hydrogens is 262 g/mol. The molecule has 0 aliphatic rings. The van der Waals surface area contributed by atoms with Crippen molar-refractivity contribution in [3.63, 3.8) is 0 Å². The first-order valence-electron chi connectivity index (χ1n) is 6.32. The number of unbranched alkanes of at least 4 members (excludes halogenated alkanes) is 1. The summed E-state index contributed by atoms with van der Waals surface area (Å²) in [5.41, 5.74) is 12.8. The molecule has 20 heavy (non-hydrogen) atoms. The fraction of sp³-hybridized carbons (Fsp3) is 0.385. The van der Waals surface area contributed by atoms with E-state index in [0.717, 1.165) is 12.8 Å². The molecule has 0 spiro atoms. The zero-order valence-corrected chi connectivity index (χ0v) is 11.1. The highest BCUT2D eigenvalue weighted by Crippen LogP contribution is 2.08. The summed E-state index contributed by atoms with van der Waals surface area (Å²) < 4.78 is 4.86. The highest BCUT2D eigenvalue weighted by atomic mass is 16.7. The quantitative estimate of drug-likeness (QED) is 0.521. The summed E-state index contributed by atoms with van der Waals surface area (Å²) in [7, 11) is 0. The number of para-hydroxylation sites is 1. The van der Waals surface area contributed by atoms with Gasteiger partial charge < -0.3 is 21.0 Å². The first-order chi connectivity index (χ1) is 9.63. The van der Waals surface area contributed by atoms with Crippen molar-refractivity contribution >= 4 is 12.1 Å². The van der Waals surface area contributed by atoms with Gasteiger partial charge in [0.25, 0.3) is 0 Å². The molecule has 0 aliphatic heterocycles. The average molecular weight is 281 g/mol. The summed E-state index contributed by atoms with van der Waals surface area (Å²) >= 11 is 0. The molecule has 0 saturated heterocycles. The Morgan fingerprint density at radius 3 is 2.55 bits per heavy atom. The maximum atomic E-state index is 11.4. The lowest BCUT2D eigenvalue weighted by atomic mass is 10.1. The van der Waals surface area contributed by atoms with Crippen molar-refractivity contribution in [2.24, 2.45) is 11.5 Å². The SMILES string of the molecule is NCCCC[C@H](N)C(=O)ONC(=O)Oc1ccccc1. The van der Waals surface area contributed by atoms with Gasteiger partial charge in [-0.25, -0.2) is 9.59 Å². The molecule has 7 heteroatoms. The van der Waals surface area contributed by atoms with E-state index in [4.69, 9.17) is 16.2 Å². The molecule has 1 rings (SSSR count). The fourth-order valence-corrected chi connectivity index (χ4v) is 1.41. The molecule has 0 radical (unpaired) electrons. The molecule has 0 fully saturated rings. The second-order valence-electron chi connectivity index (χ2n) is 4.12. The van der Waals surface area contributed by atoms with Gasteiger partial charge in [0.15, 0.2) is 0 Å². The molecule has 5 N–H and O–H groups in total. The third kappa shape index (κ3) is 6.17. The van der Waals surface area contributed by atoms with Gasteiger partial charge in [-0.1, -0.05) is 24.6 Å². The molecule has 0 bridgehead atoms. The van der Waals surface area contributed by atoms with Crippen LogP contribution in [-0.2, 0) is 9.63 Å². The van der Waals surface area contributed by atoms with E-state index in [2.05, 4.69) is 4.84 Å². The van der Waals surface area contributed by atoms with Crippen LogP contribution in [0, 0.1) is 0 Å². The Kier molecular flexibility index (Phi) is 7.08. The number of hydrogen-bond acceptors (Lipinski definition) is 6. The standard InChI is InChI=1S/C13H19N3O4/c14-9-5-4-8-11(15)12(17)20-16-13(18)19-10-6-2-1-3-7-10/h1-3,6-7,11H,4-5,8-9,14-15H2,(H,16,18)/t11-/m0/s1. The maximum absolute atomic E-state index is 11.4. The average Bonchev–Trinajstić information content (AvgIpc) is 2.46. The normalized spacial score (nSPS) is 11.5. The van der Waals surface area contributed by atoms with Crippen LogP contribution < -0.4 is 21.7 Å². The minimum atomic E-state index is -0.890. The smallest absolute Gasteiger partial charge is 0.408 e. The summed E-state index contributed by atoms with van der Waals surface area (Å²) in [5, 5.41) is 0. The van der Waals surface area contributed by atoms with Crippen LogP contribution in [0.4, 0.5) is 4.79 Å². The van der Waals surface area contributed by atoms with Gasteiger partial charge in [0, 0.05) is 0 Å². The van der Waals surface area contributed by atoms with Gasteiger partial charge in [-0.15, -0.1) is 5.48 Å². The van der Waals surface area contributed by atoms with Crippen LogP contribution in [0.25, 0.3) is 0 Å². The molecule has 110 valence electrons. The lowest BCUT2D eigenvalue weighted by molar-refractivity contribution is -0.151. The van der Waals surface area contributed by atoms with Crippen molar-refractivity contribution < 1.29 is 19.2 Å². The van der Waals surface area contributed by atoms with Crippen molar-refractivity contribution in [3.05, 3.63) is 30.3 Å². The number of hydroxylamine groups is 1. The number of amides is 1. The summed E-state index contributed by atoms with van der Waals surface area (Å²) in [6.45, 7) is 0.545. The van der Waals surface area contributed by atoms with E-state index in [1.54, 1.807) is 30.3 Å². The monoisotopic (exact) mass is 281 g/mol. The van der Waals surface area contributed by atoms with Gasteiger partial charge in [0.05, 0.1) is 0 Å². The molecule has 0 aliphatic carbocycles. The maximum Gasteiger partial charge on any atom is 0.446 e. The summed E-state index contributed by atoms with van der Waals surface area (Å²) in [5.74, 6) is -0.375. The van der Waals surface area contributed by atoms with E-state index in [9.17, 15) is 9.59 Å². The van der Waals surface area contributed by atoms with Crippen molar-refractivity contribution in [1.82, 2.24) is 5.48 Å². The highest BCUT2D eigenvalue weighted by Gasteiger charge is 2.16. The van der Waals surface area contributed by atoms with Gasteiger partial charge in [-0.05, 0) is 31.5 Å². The predicted octanol–water partition coefficient (Wildman–Crippen LogP) is 0.690. The van der Waals surface area contributed by atoms with Crippen molar-refractivity contribution in [2.45, 2.75) is 25.3 Å². The topological polar surface area (TPSA) is 117 Å². The molecular formula is C13H19N3O4. The van der Waals surface area contributed by atoms with Crippen LogP contribution in [0.1, 0.15) is 19.3 Å². The molecule has 1 atom stereocenters. The number of hydrogen-bond donors (Lipinski definition) is 3. The van der Waals surface area contributed by atoms with Crippen molar-refractivity contribution in [3.8, 4) is 5.75 Å². The number of rotatable bonds is 6. The largest absolute Gasteiger partial charge is 0.446 e. The second-order valence-corrected chi connectivity index (χ2v) is 4.12. The zero-order chi connectivity index (χ0) is 14.8. The summed E-state index contributed by atoms with van der Waals surface area (Å²) in [4.78, 5) is 27.3. The molecule has 0 heterocycles. The Labute approximate surface area is 117 Å². The number of benzene rings is 1. The number of carbonyl (C=O) groups is 2. The minimum absolute atomic E-state index is 0.341. The van der Waals surface area contributed by atoms with Crippen molar-refractivity contribution in [2.75, 3.05) is 6.54 Å². The Morgan fingerprint density at radius 1 is 1.20 bits per heavy atom. The van der Waals surface area contributed by atoms with Crippen LogP contribution in [0.2, 0.25) is 0 Å². The van der Waals surface area contributed by atoms with E-state index in [-0.39, 0.29) is 0 Å². The van der Waals surface area contributed by atoms with Crippen LogP contribution in [0.15, 0.2) is 30.3 Å². The molecule has 1 aromatic rings. The number of nitrogens with one attached hydrogen (secondary N) is 1.